The molecule has 0 bridgehead atoms. The Morgan fingerprint density at radius 2 is 1.56 bits per heavy atom. The summed E-state index contributed by atoms with van der Waals surface area (Å²) in [6.07, 6.45) is 0.355. The van der Waals surface area contributed by atoms with Crippen molar-refractivity contribution in [2.45, 2.75) is 51.6 Å². The molecule has 0 aromatic heterocycles. The molecule has 0 heterocycles. The number of hydrogen-bond acceptors (Lipinski definition) is 5. The van der Waals surface area contributed by atoms with Gasteiger partial charge in [-0.3, -0.25) is 13.9 Å². The molecule has 0 radical (unpaired) electrons. The third-order valence-electron chi connectivity index (χ3n) is 6.58. The van der Waals surface area contributed by atoms with E-state index in [9.17, 15) is 18.0 Å². The van der Waals surface area contributed by atoms with Gasteiger partial charge in [-0.25, -0.2) is 8.42 Å². The van der Waals surface area contributed by atoms with E-state index in [1.807, 2.05) is 52.0 Å². The number of amides is 2. The maximum Gasteiger partial charge on any atom is 0.264 e. The van der Waals surface area contributed by atoms with Crippen LogP contribution in [-0.4, -0.2) is 51.4 Å². The fraction of sp³-hybridized carbons (Fsp3) is 0.355. The van der Waals surface area contributed by atoms with Crippen molar-refractivity contribution >= 4 is 39.1 Å². The quantitative estimate of drug-likeness (QED) is 0.283. The van der Waals surface area contributed by atoms with Gasteiger partial charge in [-0.2, -0.15) is 0 Å². The lowest BCUT2D eigenvalue weighted by Crippen LogP contribution is -2.52. The topological polar surface area (TPSA) is 96.0 Å². The molecule has 8 nitrogen and oxygen atoms in total. The molecule has 0 saturated heterocycles. The van der Waals surface area contributed by atoms with Gasteiger partial charge in [0.05, 0.1) is 17.7 Å². The zero-order valence-electron chi connectivity index (χ0n) is 24.1. The number of carbonyl (C=O) groups excluding carboxylic acids is 2. The molecule has 0 aliphatic rings. The minimum Gasteiger partial charge on any atom is -0.497 e. The first-order chi connectivity index (χ1) is 19.5. The minimum absolute atomic E-state index is 0.00662. The first-order valence-corrected chi connectivity index (χ1v) is 15.3. The van der Waals surface area contributed by atoms with E-state index in [-0.39, 0.29) is 29.0 Å². The second-order valence-electron chi connectivity index (χ2n) is 10.2. The van der Waals surface area contributed by atoms with Crippen LogP contribution < -0.4 is 14.4 Å². The van der Waals surface area contributed by atoms with E-state index in [1.165, 1.54) is 24.1 Å². The summed E-state index contributed by atoms with van der Waals surface area (Å²) in [7, 11) is -2.69. The lowest BCUT2D eigenvalue weighted by atomic mass is 10.1. The summed E-state index contributed by atoms with van der Waals surface area (Å²) in [5.74, 6) is -0.0600. The van der Waals surface area contributed by atoms with Gasteiger partial charge >= 0.3 is 0 Å². The Labute approximate surface area is 248 Å². The Hall–Kier alpha value is -3.56. The van der Waals surface area contributed by atoms with Crippen molar-refractivity contribution in [1.82, 2.24) is 10.2 Å². The zero-order valence-corrected chi connectivity index (χ0v) is 25.7. The lowest BCUT2D eigenvalue weighted by molar-refractivity contribution is -0.140. The Morgan fingerprint density at radius 1 is 0.951 bits per heavy atom. The van der Waals surface area contributed by atoms with Gasteiger partial charge in [0.1, 0.15) is 18.3 Å². The van der Waals surface area contributed by atoms with Gasteiger partial charge in [-0.1, -0.05) is 62.2 Å². The lowest BCUT2D eigenvalue weighted by Gasteiger charge is -2.33. The molecule has 3 aromatic carbocycles. The van der Waals surface area contributed by atoms with Crippen molar-refractivity contribution in [1.29, 1.82) is 0 Å². The van der Waals surface area contributed by atoms with Crippen molar-refractivity contribution in [2.24, 2.45) is 5.92 Å². The van der Waals surface area contributed by atoms with Crippen molar-refractivity contribution in [3.8, 4) is 5.75 Å². The van der Waals surface area contributed by atoms with Gasteiger partial charge in [0.2, 0.25) is 11.8 Å². The minimum atomic E-state index is -4.19. The summed E-state index contributed by atoms with van der Waals surface area (Å²) < 4.78 is 34.1. The van der Waals surface area contributed by atoms with Gasteiger partial charge in [0.15, 0.2) is 0 Å². The normalized spacial score (nSPS) is 12.1. The highest BCUT2D eigenvalue weighted by atomic mass is 35.5. The Balaban J connectivity index is 2.03. The summed E-state index contributed by atoms with van der Waals surface area (Å²) in [4.78, 5) is 28.8. The SMILES string of the molecule is CC[C@@H](C(=O)NCC(C)C)N(Cc1ccc(C)cc1)C(=O)CN(c1ccc(Cl)cc1)S(=O)(=O)c1ccc(OC)cc1. The van der Waals surface area contributed by atoms with Crippen molar-refractivity contribution < 1.29 is 22.7 Å². The first-order valence-electron chi connectivity index (χ1n) is 13.5. The number of nitrogens with one attached hydrogen (secondary N) is 1. The largest absolute Gasteiger partial charge is 0.497 e. The van der Waals surface area contributed by atoms with E-state index < -0.39 is 28.5 Å². The number of benzene rings is 3. The van der Waals surface area contributed by atoms with Crippen LogP contribution in [0.3, 0.4) is 0 Å². The number of sulfonamides is 1. The van der Waals surface area contributed by atoms with Gasteiger partial charge in [-0.05, 0) is 73.4 Å². The van der Waals surface area contributed by atoms with E-state index in [0.717, 1.165) is 15.4 Å². The third kappa shape index (κ3) is 8.47. The standard InChI is InChI=1S/C31H38ClN3O5S/c1-6-29(31(37)33-19-22(2)3)34(20-24-9-7-23(4)8-10-24)30(36)21-35(26-13-11-25(32)12-14-26)41(38,39)28-17-15-27(40-5)16-18-28/h7-18,22,29H,6,19-21H2,1-5H3,(H,33,37)/t29-/m0/s1. The van der Waals surface area contributed by atoms with Crippen LogP contribution in [0.15, 0.2) is 77.7 Å². The fourth-order valence-electron chi connectivity index (χ4n) is 4.24. The van der Waals surface area contributed by atoms with Crippen LogP contribution in [0, 0.1) is 12.8 Å². The van der Waals surface area contributed by atoms with E-state index in [1.54, 1.807) is 36.4 Å². The molecular weight excluding hydrogens is 562 g/mol. The van der Waals surface area contributed by atoms with Gasteiger partial charge in [0.25, 0.3) is 10.0 Å². The molecule has 0 aliphatic heterocycles. The number of carbonyl (C=O) groups is 2. The van der Waals surface area contributed by atoms with Crippen LogP contribution in [-0.2, 0) is 26.2 Å². The average Bonchev–Trinajstić information content (AvgIpc) is 2.96. The summed E-state index contributed by atoms with van der Waals surface area (Å²) in [6, 6.07) is 19.1. The summed E-state index contributed by atoms with van der Waals surface area (Å²) >= 11 is 6.08. The Kier molecular flexibility index (Phi) is 11.2. The number of nitrogens with zero attached hydrogens (tertiary/aromatic N) is 2. The molecule has 1 atom stereocenters. The van der Waals surface area contributed by atoms with Crippen molar-refractivity contribution in [2.75, 3.05) is 24.5 Å². The molecule has 0 unspecified atom stereocenters. The fourth-order valence-corrected chi connectivity index (χ4v) is 5.78. The zero-order chi connectivity index (χ0) is 30.2. The molecule has 0 spiro atoms. The number of rotatable bonds is 13. The summed E-state index contributed by atoms with van der Waals surface area (Å²) in [5, 5.41) is 3.36. The van der Waals surface area contributed by atoms with Gasteiger partial charge in [0, 0.05) is 18.1 Å². The van der Waals surface area contributed by atoms with E-state index in [2.05, 4.69) is 5.32 Å². The first kappa shape index (κ1) is 32.0. The van der Waals surface area contributed by atoms with Gasteiger partial charge in [-0.15, -0.1) is 0 Å². The molecule has 3 aromatic rings. The Bertz CT molecular complexity index is 1410. The molecule has 220 valence electrons. The number of ether oxygens (including phenoxy) is 1. The molecule has 0 saturated carbocycles. The highest BCUT2D eigenvalue weighted by Gasteiger charge is 2.33. The Morgan fingerprint density at radius 3 is 2.10 bits per heavy atom. The van der Waals surface area contributed by atoms with Crippen molar-refractivity contribution in [3.05, 3.63) is 88.9 Å². The molecule has 1 N–H and O–H groups in total. The van der Waals surface area contributed by atoms with E-state index in [0.29, 0.717) is 23.7 Å². The maximum atomic E-state index is 14.1. The highest BCUT2D eigenvalue weighted by Crippen LogP contribution is 2.27. The van der Waals surface area contributed by atoms with Gasteiger partial charge < -0.3 is 15.0 Å². The third-order valence-corrected chi connectivity index (χ3v) is 8.62. The summed E-state index contributed by atoms with van der Waals surface area (Å²) in [6.45, 7) is 7.87. The molecule has 3 rings (SSSR count). The summed E-state index contributed by atoms with van der Waals surface area (Å²) in [5.41, 5.74) is 2.16. The number of aryl methyl sites for hydroxylation is 1. The van der Waals surface area contributed by atoms with E-state index in [4.69, 9.17) is 16.3 Å². The maximum absolute atomic E-state index is 14.1. The van der Waals surface area contributed by atoms with Crippen molar-refractivity contribution in [3.63, 3.8) is 0 Å². The van der Waals surface area contributed by atoms with Crippen LogP contribution in [0.4, 0.5) is 5.69 Å². The average molecular weight is 600 g/mol. The molecule has 0 fully saturated rings. The predicted octanol–water partition coefficient (Wildman–Crippen LogP) is 5.43. The molecule has 41 heavy (non-hydrogen) atoms. The molecule has 10 heteroatoms. The second-order valence-corrected chi connectivity index (χ2v) is 12.5. The predicted molar refractivity (Wildman–Crippen MR) is 163 cm³/mol. The van der Waals surface area contributed by atoms with Crippen LogP contribution in [0.2, 0.25) is 5.02 Å². The number of methoxy groups -OCH3 is 1. The smallest absolute Gasteiger partial charge is 0.264 e. The number of anilines is 1. The van der Waals surface area contributed by atoms with Crippen LogP contribution in [0.5, 0.6) is 5.75 Å². The molecule has 2 amide bonds. The van der Waals surface area contributed by atoms with E-state index >= 15 is 0 Å². The molecule has 0 aliphatic carbocycles. The second kappa shape index (κ2) is 14.4. The van der Waals surface area contributed by atoms with Crippen LogP contribution >= 0.6 is 11.6 Å². The van der Waals surface area contributed by atoms with Crippen LogP contribution in [0.1, 0.15) is 38.3 Å². The highest BCUT2D eigenvalue weighted by molar-refractivity contribution is 7.92. The number of hydrogen-bond donors (Lipinski definition) is 1. The number of halogens is 1. The monoisotopic (exact) mass is 599 g/mol. The molecular formula is C31H38ClN3O5S. The van der Waals surface area contributed by atoms with Crippen LogP contribution in [0.25, 0.3) is 0 Å².